The summed E-state index contributed by atoms with van der Waals surface area (Å²) in [4.78, 5) is 14.8. The molecule has 1 aliphatic heterocycles. The molecular weight excluding hydrogens is 376 g/mol. The highest BCUT2D eigenvalue weighted by molar-refractivity contribution is 6.30. The summed E-state index contributed by atoms with van der Waals surface area (Å²) in [6.45, 7) is 4.24. The molecule has 5 nitrogen and oxygen atoms in total. The lowest BCUT2D eigenvalue weighted by Crippen LogP contribution is -2.35. The summed E-state index contributed by atoms with van der Waals surface area (Å²) in [5.74, 6) is 1.49. The number of ether oxygens (including phenoxy) is 1. The zero-order chi connectivity index (χ0) is 19.8. The molecule has 2 heterocycles. The molecule has 4 rings (SSSR count). The van der Waals surface area contributed by atoms with Gasteiger partial charge in [0, 0.05) is 11.4 Å². The minimum Gasteiger partial charge on any atom is -0.496 e. The molecule has 1 amide bonds. The zero-order valence-electron chi connectivity index (χ0n) is 16.1. The van der Waals surface area contributed by atoms with Crippen molar-refractivity contribution in [1.29, 1.82) is 0 Å². The Morgan fingerprint density at radius 3 is 2.50 bits per heavy atom. The first kappa shape index (κ1) is 18.6. The second kappa shape index (κ2) is 7.32. The summed E-state index contributed by atoms with van der Waals surface area (Å²) >= 11 is 6.02. The Kier molecular flexibility index (Phi) is 4.85. The molecule has 144 valence electrons. The molecule has 0 saturated carbocycles. The second-order valence-electron chi connectivity index (χ2n) is 6.96. The summed E-state index contributed by atoms with van der Waals surface area (Å²) in [5.41, 5.74) is 5.51. The van der Waals surface area contributed by atoms with Crippen molar-refractivity contribution in [2.24, 2.45) is 0 Å². The van der Waals surface area contributed by atoms with Crippen molar-refractivity contribution in [2.45, 2.75) is 33.2 Å². The summed E-state index contributed by atoms with van der Waals surface area (Å²) < 4.78 is 11.1. The first-order valence-electron chi connectivity index (χ1n) is 9.17. The molecule has 0 N–H and O–H groups in total. The number of aromatic nitrogens is 1. The van der Waals surface area contributed by atoms with Crippen LogP contribution in [-0.2, 0) is 17.8 Å². The van der Waals surface area contributed by atoms with Crippen molar-refractivity contribution in [3.8, 4) is 16.9 Å². The number of methoxy groups -OCH3 is 1. The summed E-state index contributed by atoms with van der Waals surface area (Å²) in [5, 5.41) is 4.78. The predicted octanol–water partition coefficient (Wildman–Crippen LogP) is 5.10. The van der Waals surface area contributed by atoms with Gasteiger partial charge in [0.2, 0.25) is 5.91 Å². The largest absolute Gasteiger partial charge is 0.496 e. The molecule has 0 bridgehead atoms. The van der Waals surface area contributed by atoms with E-state index in [4.69, 9.17) is 20.9 Å². The third-order valence-corrected chi connectivity index (χ3v) is 5.41. The highest BCUT2D eigenvalue weighted by Crippen LogP contribution is 2.46. The number of benzene rings is 2. The number of carbonyl (C=O) groups excluding carboxylic acids is 1. The number of amides is 1. The molecule has 0 spiro atoms. The minimum atomic E-state index is 0.0868. The van der Waals surface area contributed by atoms with Gasteiger partial charge >= 0.3 is 0 Å². The standard InChI is InChI=1S/C22H21ClN2O3/c1-13-20(14(2)28-24-13)21-18(27-3)10-6-16-7-11-19(26)25(22(16)21)12-15-4-8-17(23)9-5-15/h4-6,8-10H,7,11-12H2,1-3H3. The van der Waals surface area contributed by atoms with Crippen LogP contribution in [-0.4, -0.2) is 18.2 Å². The van der Waals surface area contributed by atoms with E-state index >= 15 is 0 Å². The fourth-order valence-corrected chi connectivity index (χ4v) is 3.94. The van der Waals surface area contributed by atoms with Crippen LogP contribution in [0.15, 0.2) is 40.9 Å². The van der Waals surface area contributed by atoms with Crippen molar-refractivity contribution in [3.63, 3.8) is 0 Å². The molecule has 3 aromatic rings. The number of carbonyl (C=O) groups is 1. The molecule has 0 fully saturated rings. The Labute approximate surface area is 168 Å². The Morgan fingerprint density at radius 1 is 1.11 bits per heavy atom. The smallest absolute Gasteiger partial charge is 0.227 e. The Bertz CT molecular complexity index is 1020. The first-order valence-corrected chi connectivity index (χ1v) is 9.55. The zero-order valence-corrected chi connectivity index (χ0v) is 16.8. The van der Waals surface area contributed by atoms with E-state index in [9.17, 15) is 4.79 Å². The highest BCUT2D eigenvalue weighted by atomic mass is 35.5. The predicted molar refractivity (Wildman–Crippen MR) is 109 cm³/mol. The van der Waals surface area contributed by atoms with E-state index in [1.165, 1.54) is 0 Å². The van der Waals surface area contributed by atoms with Crippen LogP contribution in [0.1, 0.15) is 29.0 Å². The maximum atomic E-state index is 12.9. The lowest BCUT2D eigenvalue weighted by Gasteiger charge is -2.32. The molecule has 2 aromatic carbocycles. The number of nitrogens with zero attached hydrogens (tertiary/aromatic N) is 2. The lowest BCUT2D eigenvalue weighted by atomic mass is 9.91. The van der Waals surface area contributed by atoms with Crippen molar-refractivity contribution in [2.75, 3.05) is 12.0 Å². The van der Waals surface area contributed by atoms with Crippen molar-refractivity contribution >= 4 is 23.2 Å². The SMILES string of the molecule is COc1ccc2c(c1-c1c(C)noc1C)N(Cc1ccc(Cl)cc1)C(=O)CC2. The van der Waals surface area contributed by atoms with Crippen LogP contribution in [0.5, 0.6) is 5.75 Å². The number of hydrogen-bond acceptors (Lipinski definition) is 4. The number of hydrogen-bond donors (Lipinski definition) is 0. The van der Waals surface area contributed by atoms with Gasteiger partial charge in [-0.25, -0.2) is 0 Å². The van der Waals surface area contributed by atoms with Crippen LogP contribution < -0.4 is 9.64 Å². The molecule has 0 saturated heterocycles. The van der Waals surface area contributed by atoms with Crippen molar-refractivity contribution in [3.05, 3.63) is 64.0 Å². The van der Waals surface area contributed by atoms with Gasteiger partial charge in [0.25, 0.3) is 0 Å². The average molecular weight is 397 g/mol. The van der Waals surface area contributed by atoms with Crippen LogP contribution >= 0.6 is 11.6 Å². The molecule has 0 radical (unpaired) electrons. The minimum absolute atomic E-state index is 0.0868. The fourth-order valence-electron chi connectivity index (χ4n) is 3.82. The van der Waals surface area contributed by atoms with Crippen LogP contribution in [0, 0.1) is 13.8 Å². The number of aryl methyl sites for hydroxylation is 3. The van der Waals surface area contributed by atoms with E-state index < -0.39 is 0 Å². The summed E-state index contributed by atoms with van der Waals surface area (Å²) in [6, 6.07) is 11.6. The summed E-state index contributed by atoms with van der Waals surface area (Å²) in [6.07, 6.45) is 1.18. The Balaban J connectivity index is 1.91. The van der Waals surface area contributed by atoms with Gasteiger partial charge in [0.05, 0.1) is 36.2 Å². The van der Waals surface area contributed by atoms with Crippen molar-refractivity contribution < 1.29 is 14.1 Å². The van der Waals surface area contributed by atoms with Gasteiger partial charge in [-0.05, 0) is 49.6 Å². The van der Waals surface area contributed by atoms with Crippen LogP contribution in [0.4, 0.5) is 5.69 Å². The molecule has 0 unspecified atom stereocenters. The molecule has 0 aliphatic carbocycles. The number of fused-ring (bicyclic) bond motifs is 1. The van der Waals surface area contributed by atoms with E-state index in [0.717, 1.165) is 33.6 Å². The van der Waals surface area contributed by atoms with E-state index in [-0.39, 0.29) is 5.91 Å². The number of rotatable bonds is 4. The summed E-state index contributed by atoms with van der Waals surface area (Å²) in [7, 11) is 1.64. The van der Waals surface area contributed by atoms with E-state index in [2.05, 4.69) is 5.16 Å². The van der Waals surface area contributed by atoms with Crippen molar-refractivity contribution in [1.82, 2.24) is 5.16 Å². The molecule has 28 heavy (non-hydrogen) atoms. The van der Waals surface area contributed by atoms with Gasteiger partial charge in [0.15, 0.2) is 0 Å². The number of anilines is 1. The topological polar surface area (TPSA) is 55.6 Å². The van der Waals surface area contributed by atoms with Gasteiger partial charge in [-0.1, -0.05) is 35.0 Å². The molecule has 1 aromatic heterocycles. The highest BCUT2D eigenvalue weighted by Gasteiger charge is 2.31. The molecule has 1 aliphatic rings. The number of halogens is 1. The molecule has 6 heteroatoms. The maximum absolute atomic E-state index is 12.9. The Morgan fingerprint density at radius 2 is 1.86 bits per heavy atom. The van der Waals surface area contributed by atoms with Gasteiger partial charge in [-0.15, -0.1) is 0 Å². The molecule has 0 atom stereocenters. The monoisotopic (exact) mass is 396 g/mol. The first-order chi connectivity index (χ1) is 13.5. The lowest BCUT2D eigenvalue weighted by molar-refractivity contribution is -0.119. The van der Waals surface area contributed by atoms with E-state index in [0.29, 0.717) is 35.9 Å². The quantitative estimate of drug-likeness (QED) is 0.615. The maximum Gasteiger partial charge on any atom is 0.227 e. The van der Waals surface area contributed by atoms with Crippen LogP contribution in [0.2, 0.25) is 5.02 Å². The normalized spacial score (nSPS) is 13.6. The van der Waals surface area contributed by atoms with Crippen LogP contribution in [0.25, 0.3) is 11.1 Å². The third kappa shape index (κ3) is 3.16. The van der Waals surface area contributed by atoms with Gasteiger partial charge in [-0.2, -0.15) is 0 Å². The van der Waals surface area contributed by atoms with Gasteiger partial charge < -0.3 is 14.2 Å². The fraction of sp³-hybridized carbons (Fsp3) is 0.273. The Hall–Kier alpha value is -2.79. The van der Waals surface area contributed by atoms with E-state index in [1.54, 1.807) is 7.11 Å². The third-order valence-electron chi connectivity index (χ3n) is 5.16. The van der Waals surface area contributed by atoms with Gasteiger partial charge in [-0.3, -0.25) is 4.79 Å². The van der Waals surface area contributed by atoms with E-state index in [1.807, 2.05) is 55.1 Å². The average Bonchev–Trinajstić information content (AvgIpc) is 3.02. The molecular formula is C22H21ClN2O3. The van der Waals surface area contributed by atoms with Crippen LogP contribution in [0.3, 0.4) is 0 Å². The van der Waals surface area contributed by atoms with Gasteiger partial charge in [0.1, 0.15) is 11.5 Å². The second-order valence-corrected chi connectivity index (χ2v) is 7.39.